The third-order valence-electron chi connectivity index (χ3n) is 1.57. The Morgan fingerprint density at radius 2 is 2.50 bits per heavy atom. The van der Waals surface area contributed by atoms with E-state index in [0.29, 0.717) is 6.04 Å². The maximum absolute atomic E-state index is 3.37. The van der Waals surface area contributed by atoms with Crippen molar-refractivity contribution in [2.75, 3.05) is 26.7 Å². The summed E-state index contributed by atoms with van der Waals surface area (Å²) in [5.74, 6) is 0. The van der Waals surface area contributed by atoms with Crippen molar-refractivity contribution in [1.29, 1.82) is 0 Å². The highest BCUT2D eigenvalue weighted by molar-refractivity contribution is 4.71. The van der Waals surface area contributed by atoms with Crippen LogP contribution in [-0.4, -0.2) is 37.6 Å². The zero-order valence-corrected chi connectivity index (χ0v) is 5.65. The fraction of sp³-hybridized carbons (Fsp3) is 1.00. The summed E-state index contributed by atoms with van der Waals surface area (Å²) < 4.78 is 0. The van der Waals surface area contributed by atoms with E-state index < -0.39 is 0 Å². The molecule has 1 heterocycles. The number of rotatable bonds is 0. The molecule has 2 heteroatoms. The monoisotopic (exact) mass is 116 g/mol. The molecular formula is C6H16N2. The van der Waals surface area contributed by atoms with Crippen LogP contribution in [0.5, 0.6) is 0 Å². The predicted molar refractivity (Wildman–Crippen MR) is 37.1 cm³/mol. The molecule has 0 aromatic rings. The van der Waals surface area contributed by atoms with Crippen LogP contribution in [0.15, 0.2) is 0 Å². The molecule has 0 saturated carbocycles. The van der Waals surface area contributed by atoms with E-state index in [1.807, 2.05) is 0 Å². The van der Waals surface area contributed by atoms with Gasteiger partial charge in [-0.2, -0.15) is 0 Å². The Bertz CT molecular complexity index is 69.5. The molecule has 0 radical (unpaired) electrons. The predicted octanol–water partition coefficient (Wildman–Crippen LogP) is 0.156. The Morgan fingerprint density at radius 1 is 1.75 bits per heavy atom. The van der Waals surface area contributed by atoms with Crippen LogP contribution >= 0.6 is 0 Å². The van der Waals surface area contributed by atoms with Crippen molar-refractivity contribution in [2.24, 2.45) is 0 Å². The minimum absolute atomic E-state index is 0. The lowest BCUT2D eigenvalue weighted by atomic mass is 10.2. The van der Waals surface area contributed by atoms with Gasteiger partial charge in [0.1, 0.15) is 0 Å². The molecule has 0 aromatic heterocycles. The zero-order valence-electron chi connectivity index (χ0n) is 5.65. The summed E-state index contributed by atoms with van der Waals surface area (Å²) in [5, 5.41) is 3.37. The second-order valence-electron chi connectivity index (χ2n) is 2.62. The zero-order chi connectivity index (χ0) is 5.98. The first-order valence-corrected chi connectivity index (χ1v) is 3.21. The van der Waals surface area contributed by atoms with Crippen LogP contribution in [0.2, 0.25) is 0 Å². The Morgan fingerprint density at radius 3 is 2.88 bits per heavy atom. The van der Waals surface area contributed by atoms with Crippen LogP contribution in [0.3, 0.4) is 0 Å². The van der Waals surface area contributed by atoms with E-state index in [-0.39, 0.29) is 1.43 Å². The number of hydrogen-bond acceptors (Lipinski definition) is 2. The van der Waals surface area contributed by atoms with Gasteiger partial charge < -0.3 is 10.2 Å². The highest BCUT2D eigenvalue weighted by Gasteiger charge is 2.09. The standard InChI is InChI=1S/C6H14N2.H2/c1-6-5-8(2)4-3-7-6;/h6-7H,3-5H2,1-2H3;1H/t6-;/m1./s1. The molecule has 1 fully saturated rings. The summed E-state index contributed by atoms with van der Waals surface area (Å²) in [4.78, 5) is 2.35. The summed E-state index contributed by atoms with van der Waals surface area (Å²) in [6.45, 7) is 5.76. The van der Waals surface area contributed by atoms with Crippen LogP contribution < -0.4 is 5.32 Å². The molecule has 1 aliphatic heterocycles. The quantitative estimate of drug-likeness (QED) is 0.485. The third kappa shape index (κ3) is 1.46. The van der Waals surface area contributed by atoms with Crippen molar-refractivity contribution in [1.82, 2.24) is 10.2 Å². The minimum atomic E-state index is 0. The number of likely N-dealkylation sites (N-methyl/N-ethyl adjacent to an activating group) is 1. The van der Waals surface area contributed by atoms with E-state index in [0.717, 1.165) is 6.54 Å². The van der Waals surface area contributed by atoms with Gasteiger partial charge in [0.25, 0.3) is 0 Å². The normalized spacial score (nSPS) is 33.0. The largest absolute Gasteiger partial charge is 0.312 e. The van der Waals surface area contributed by atoms with E-state index in [1.54, 1.807) is 0 Å². The second kappa shape index (κ2) is 2.46. The second-order valence-corrected chi connectivity index (χ2v) is 2.62. The molecule has 1 atom stereocenters. The first kappa shape index (κ1) is 6.05. The molecule has 0 unspecified atom stereocenters. The topological polar surface area (TPSA) is 15.3 Å². The molecule has 50 valence electrons. The molecule has 1 saturated heterocycles. The van der Waals surface area contributed by atoms with Crippen molar-refractivity contribution >= 4 is 0 Å². The molecule has 1 rings (SSSR count). The molecular weight excluding hydrogens is 100 g/mol. The molecule has 0 aromatic carbocycles. The van der Waals surface area contributed by atoms with Crippen LogP contribution in [0.1, 0.15) is 8.35 Å². The van der Waals surface area contributed by atoms with Crippen molar-refractivity contribution in [3.8, 4) is 0 Å². The number of nitrogens with zero attached hydrogens (tertiary/aromatic N) is 1. The van der Waals surface area contributed by atoms with Crippen molar-refractivity contribution in [3.05, 3.63) is 0 Å². The third-order valence-corrected chi connectivity index (χ3v) is 1.57. The van der Waals surface area contributed by atoms with Gasteiger partial charge in [-0.3, -0.25) is 0 Å². The lowest BCUT2D eigenvalue weighted by Gasteiger charge is -2.28. The van der Waals surface area contributed by atoms with Crippen LogP contribution in [0.4, 0.5) is 0 Å². The van der Waals surface area contributed by atoms with Gasteiger partial charge in [0, 0.05) is 27.1 Å². The van der Waals surface area contributed by atoms with Gasteiger partial charge in [-0.25, -0.2) is 0 Å². The van der Waals surface area contributed by atoms with Gasteiger partial charge in [-0.15, -0.1) is 0 Å². The first-order chi connectivity index (χ1) is 3.79. The summed E-state index contributed by atoms with van der Waals surface area (Å²) in [5.41, 5.74) is 0. The Balaban J connectivity index is 0.000000640. The van der Waals surface area contributed by atoms with E-state index >= 15 is 0 Å². The molecule has 2 nitrogen and oxygen atoms in total. The summed E-state index contributed by atoms with van der Waals surface area (Å²) in [6.07, 6.45) is 0. The average molecular weight is 116 g/mol. The molecule has 0 aliphatic carbocycles. The molecule has 8 heavy (non-hydrogen) atoms. The summed E-state index contributed by atoms with van der Waals surface area (Å²) in [7, 11) is 2.16. The van der Waals surface area contributed by atoms with Gasteiger partial charge in [0.05, 0.1) is 0 Å². The number of nitrogens with one attached hydrogen (secondary N) is 1. The van der Waals surface area contributed by atoms with Gasteiger partial charge in [0.2, 0.25) is 0 Å². The van der Waals surface area contributed by atoms with Gasteiger partial charge in [-0.05, 0) is 14.0 Å². The van der Waals surface area contributed by atoms with Crippen molar-refractivity contribution < 1.29 is 1.43 Å². The molecule has 1 aliphatic rings. The lowest BCUT2D eigenvalue weighted by molar-refractivity contribution is 0.248. The van der Waals surface area contributed by atoms with Crippen molar-refractivity contribution in [2.45, 2.75) is 13.0 Å². The smallest absolute Gasteiger partial charge is 0.0167 e. The highest BCUT2D eigenvalue weighted by atomic mass is 15.2. The van der Waals surface area contributed by atoms with E-state index in [1.165, 1.54) is 13.1 Å². The van der Waals surface area contributed by atoms with E-state index in [2.05, 4.69) is 24.2 Å². The lowest BCUT2D eigenvalue weighted by Crippen LogP contribution is -2.47. The number of hydrogen-bond donors (Lipinski definition) is 1. The summed E-state index contributed by atoms with van der Waals surface area (Å²) in [6, 6.07) is 0.689. The van der Waals surface area contributed by atoms with Crippen LogP contribution in [0, 0.1) is 0 Å². The van der Waals surface area contributed by atoms with E-state index in [9.17, 15) is 0 Å². The average Bonchev–Trinajstić information content (AvgIpc) is 1.64. The maximum Gasteiger partial charge on any atom is 0.0167 e. The minimum Gasteiger partial charge on any atom is -0.312 e. The van der Waals surface area contributed by atoms with Gasteiger partial charge in [0.15, 0.2) is 0 Å². The highest BCUT2D eigenvalue weighted by Crippen LogP contribution is 1.92. The van der Waals surface area contributed by atoms with Crippen molar-refractivity contribution in [3.63, 3.8) is 0 Å². The van der Waals surface area contributed by atoms with Crippen LogP contribution in [-0.2, 0) is 0 Å². The molecule has 0 spiro atoms. The summed E-state index contributed by atoms with van der Waals surface area (Å²) >= 11 is 0. The molecule has 0 bridgehead atoms. The Hall–Kier alpha value is -0.0800. The molecule has 0 amide bonds. The van der Waals surface area contributed by atoms with E-state index in [4.69, 9.17) is 0 Å². The maximum atomic E-state index is 3.37. The number of piperazine rings is 1. The Kier molecular flexibility index (Phi) is 1.86. The first-order valence-electron chi connectivity index (χ1n) is 3.21. The van der Waals surface area contributed by atoms with Crippen LogP contribution in [0.25, 0.3) is 0 Å². The molecule has 1 N–H and O–H groups in total. The fourth-order valence-electron chi connectivity index (χ4n) is 1.13. The van der Waals surface area contributed by atoms with Gasteiger partial charge in [-0.1, -0.05) is 0 Å². The fourth-order valence-corrected chi connectivity index (χ4v) is 1.13. The SMILES string of the molecule is C[C@@H]1CN(C)CCN1.[HH]. The Labute approximate surface area is 52.4 Å². The van der Waals surface area contributed by atoms with Gasteiger partial charge >= 0.3 is 0 Å².